The van der Waals surface area contributed by atoms with Gasteiger partial charge >= 0.3 is 6.72 Å². The average Bonchev–Trinajstić information content (AvgIpc) is 2.06. The van der Waals surface area contributed by atoms with E-state index in [1.54, 1.807) is 24.3 Å². The van der Waals surface area contributed by atoms with Gasteiger partial charge < -0.3 is 4.52 Å². The topological polar surface area (TPSA) is 26.3 Å². The summed E-state index contributed by atoms with van der Waals surface area (Å²) >= 11 is 10.8. The quantitative estimate of drug-likeness (QED) is 0.579. The van der Waals surface area contributed by atoms with Crippen LogP contribution in [0.15, 0.2) is 30.3 Å². The molecule has 1 unspecified atom stereocenters. The first-order valence-electron chi connectivity index (χ1n) is 3.23. The van der Waals surface area contributed by atoms with Gasteiger partial charge in [-0.05, 0) is 23.4 Å². The molecule has 0 aliphatic rings. The van der Waals surface area contributed by atoms with Crippen molar-refractivity contribution in [3.8, 4) is 5.75 Å². The molecule has 1 rings (SSSR count). The molecule has 0 radical (unpaired) electrons. The van der Waals surface area contributed by atoms with Gasteiger partial charge in [0.15, 0.2) is 0 Å². The number of rotatable bonds is 3. The first-order valence-corrected chi connectivity index (χ1v) is 6.48. The number of alkyl halides is 1. The summed E-state index contributed by atoms with van der Waals surface area (Å²) in [5.74, 6) is 0.469. The highest BCUT2D eigenvalue weighted by atomic mass is 35.7. The fourth-order valence-electron chi connectivity index (χ4n) is 0.663. The van der Waals surface area contributed by atoms with Gasteiger partial charge in [0.2, 0.25) is 0 Å². The van der Waals surface area contributed by atoms with E-state index in [0.29, 0.717) is 5.75 Å². The molecule has 1 atom stereocenters. The predicted octanol–water partition coefficient (Wildman–Crippen LogP) is 3.69. The molecule has 0 saturated carbocycles. The van der Waals surface area contributed by atoms with Crippen molar-refractivity contribution in [1.29, 1.82) is 0 Å². The van der Waals surface area contributed by atoms with Crippen LogP contribution in [0.2, 0.25) is 0 Å². The van der Waals surface area contributed by atoms with Gasteiger partial charge in [-0.2, -0.15) is 0 Å². The van der Waals surface area contributed by atoms with Crippen LogP contribution in [0.25, 0.3) is 0 Å². The molecule has 0 fully saturated rings. The van der Waals surface area contributed by atoms with E-state index in [2.05, 4.69) is 0 Å². The van der Waals surface area contributed by atoms with Crippen LogP contribution in [0, 0.1) is 0 Å². The van der Waals surface area contributed by atoms with Gasteiger partial charge in [-0.3, -0.25) is 4.57 Å². The summed E-state index contributed by atoms with van der Waals surface area (Å²) in [6.45, 7) is -3.16. The zero-order chi connectivity index (χ0) is 9.03. The lowest BCUT2D eigenvalue weighted by Gasteiger charge is -2.08. The Morgan fingerprint density at radius 3 is 2.42 bits per heavy atom. The van der Waals surface area contributed by atoms with Crippen molar-refractivity contribution in [2.75, 3.05) is 5.62 Å². The fourth-order valence-corrected chi connectivity index (χ4v) is 1.53. The molecule has 0 aromatic heterocycles. The zero-order valence-electron chi connectivity index (χ0n) is 6.11. The second-order valence-corrected chi connectivity index (χ2v) is 5.98. The molecule has 0 aliphatic carbocycles. The summed E-state index contributed by atoms with van der Waals surface area (Å²) in [4.78, 5) is 0. The van der Waals surface area contributed by atoms with Crippen LogP contribution in [0.3, 0.4) is 0 Å². The van der Waals surface area contributed by atoms with Gasteiger partial charge in [-0.15, -0.1) is 11.6 Å². The van der Waals surface area contributed by atoms with Crippen LogP contribution in [0.1, 0.15) is 0 Å². The van der Waals surface area contributed by atoms with Gasteiger partial charge in [0, 0.05) is 0 Å². The second-order valence-electron chi connectivity index (χ2n) is 2.11. The largest absolute Gasteiger partial charge is 0.432 e. The van der Waals surface area contributed by atoms with E-state index in [-0.39, 0.29) is 5.62 Å². The smallest absolute Gasteiger partial charge is 0.350 e. The summed E-state index contributed by atoms with van der Waals surface area (Å²) in [5.41, 5.74) is -0.191. The molecule has 1 aromatic carbocycles. The third-order valence-electron chi connectivity index (χ3n) is 1.13. The molecule has 66 valence electrons. The predicted molar refractivity (Wildman–Crippen MR) is 51.2 cm³/mol. The average molecular weight is 225 g/mol. The van der Waals surface area contributed by atoms with Gasteiger partial charge in [0.1, 0.15) is 11.4 Å². The van der Waals surface area contributed by atoms with Crippen LogP contribution in [0.5, 0.6) is 5.75 Å². The van der Waals surface area contributed by atoms with Crippen molar-refractivity contribution in [1.82, 2.24) is 0 Å². The Bertz CT molecular complexity index is 289. The molecule has 0 aliphatic heterocycles. The van der Waals surface area contributed by atoms with E-state index in [0.717, 1.165) is 0 Å². The van der Waals surface area contributed by atoms with Gasteiger partial charge in [-0.25, -0.2) is 0 Å². The summed E-state index contributed by atoms with van der Waals surface area (Å²) < 4.78 is 16.1. The Labute approximate surface area is 80.7 Å². The summed E-state index contributed by atoms with van der Waals surface area (Å²) in [5, 5.41) is 0. The molecule has 12 heavy (non-hydrogen) atoms. The minimum atomic E-state index is -3.16. The highest BCUT2D eigenvalue weighted by Gasteiger charge is 2.18. The molecule has 0 bridgehead atoms. The van der Waals surface area contributed by atoms with E-state index >= 15 is 0 Å². The first kappa shape index (κ1) is 9.91. The first-order chi connectivity index (χ1) is 5.64. The maximum Gasteiger partial charge on any atom is 0.350 e. The second kappa shape index (κ2) is 4.18. The lowest BCUT2D eigenvalue weighted by Crippen LogP contribution is -1.86. The normalized spacial score (nSPS) is 15.2. The fraction of sp³-hybridized carbons (Fsp3) is 0.143. The lowest BCUT2D eigenvalue weighted by atomic mass is 10.3. The minimum absolute atomic E-state index is 0.191. The third kappa shape index (κ3) is 3.06. The van der Waals surface area contributed by atoms with Crippen molar-refractivity contribution in [2.45, 2.75) is 0 Å². The van der Waals surface area contributed by atoms with Crippen LogP contribution < -0.4 is 4.52 Å². The molecule has 0 spiro atoms. The third-order valence-corrected chi connectivity index (χ3v) is 3.77. The van der Waals surface area contributed by atoms with Crippen molar-refractivity contribution >= 4 is 29.6 Å². The summed E-state index contributed by atoms with van der Waals surface area (Å²) in [7, 11) is 0. The summed E-state index contributed by atoms with van der Waals surface area (Å²) in [6.07, 6.45) is 0. The standard InChI is InChI=1S/C7H7Cl2O2P/c8-6-12(9,10)11-7-4-2-1-3-5-7/h1-5H,6H2. The number of hydrogen-bond donors (Lipinski definition) is 0. The van der Waals surface area contributed by atoms with E-state index in [1.165, 1.54) is 0 Å². The Kier molecular flexibility index (Phi) is 3.45. The van der Waals surface area contributed by atoms with E-state index in [1.807, 2.05) is 6.07 Å². The van der Waals surface area contributed by atoms with Crippen molar-refractivity contribution < 1.29 is 9.09 Å². The Hall–Kier alpha value is -0.170. The number of hydrogen-bond acceptors (Lipinski definition) is 2. The molecule has 0 saturated heterocycles. The van der Waals surface area contributed by atoms with E-state index in [4.69, 9.17) is 27.4 Å². The van der Waals surface area contributed by atoms with Crippen molar-refractivity contribution in [3.05, 3.63) is 30.3 Å². The van der Waals surface area contributed by atoms with Crippen molar-refractivity contribution in [2.24, 2.45) is 0 Å². The van der Waals surface area contributed by atoms with Crippen molar-refractivity contribution in [3.63, 3.8) is 0 Å². The number of benzene rings is 1. The Morgan fingerprint density at radius 1 is 1.33 bits per heavy atom. The van der Waals surface area contributed by atoms with Gasteiger partial charge in [0.05, 0.1) is 0 Å². The SMILES string of the molecule is O=P(Cl)(CCl)Oc1ccccc1. The van der Waals surface area contributed by atoms with Crippen LogP contribution >= 0.6 is 29.6 Å². The highest BCUT2D eigenvalue weighted by molar-refractivity contribution is 7.86. The maximum atomic E-state index is 11.2. The van der Waals surface area contributed by atoms with Crippen LogP contribution in [-0.4, -0.2) is 5.62 Å². The van der Waals surface area contributed by atoms with Crippen LogP contribution in [-0.2, 0) is 4.57 Å². The van der Waals surface area contributed by atoms with E-state index < -0.39 is 6.72 Å². The number of para-hydroxylation sites is 1. The molecule has 2 nitrogen and oxygen atoms in total. The van der Waals surface area contributed by atoms with Gasteiger partial charge in [0.25, 0.3) is 0 Å². The molecule has 1 aromatic rings. The molecular formula is C7H7Cl2O2P. The Balaban J connectivity index is 2.71. The molecule has 0 amide bonds. The molecule has 0 heterocycles. The van der Waals surface area contributed by atoms with Gasteiger partial charge in [-0.1, -0.05) is 18.2 Å². The monoisotopic (exact) mass is 224 g/mol. The number of halogens is 2. The van der Waals surface area contributed by atoms with Crippen LogP contribution in [0.4, 0.5) is 0 Å². The molecule has 5 heteroatoms. The maximum absolute atomic E-state index is 11.2. The Morgan fingerprint density at radius 2 is 1.92 bits per heavy atom. The van der Waals surface area contributed by atoms with E-state index in [9.17, 15) is 4.57 Å². The zero-order valence-corrected chi connectivity index (χ0v) is 8.52. The minimum Gasteiger partial charge on any atom is -0.432 e. The molecule has 0 N–H and O–H groups in total. The summed E-state index contributed by atoms with van der Waals surface area (Å²) in [6, 6.07) is 8.69. The highest BCUT2D eigenvalue weighted by Crippen LogP contribution is 2.52. The lowest BCUT2D eigenvalue weighted by molar-refractivity contribution is 0.502. The molecular weight excluding hydrogens is 218 g/mol.